The van der Waals surface area contributed by atoms with Crippen LogP contribution in [0, 0.1) is 25.1 Å². The van der Waals surface area contributed by atoms with Gasteiger partial charge < -0.3 is 25.2 Å². The van der Waals surface area contributed by atoms with Gasteiger partial charge in [0.15, 0.2) is 0 Å². The molecule has 2 aromatic carbocycles. The van der Waals surface area contributed by atoms with E-state index in [-0.39, 0.29) is 27.9 Å². The zero-order valence-corrected chi connectivity index (χ0v) is 30.7. The van der Waals surface area contributed by atoms with E-state index in [9.17, 15) is 18.8 Å². The van der Waals surface area contributed by atoms with Crippen LogP contribution in [0.4, 0.5) is 27.3 Å². The van der Waals surface area contributed by atoms with E-state index >= 15 is 0 Å². The van der Waals surface area contributed by atoms with Gasteiger partial charge >= 0.3 is 0 Å². The lowest BCUT2D eigenvalue weighted by Gasteiger charge is -2.53. The van der Waals surface area contributed by atoms with Crippen LogP contribution < -0.4 is 20.4 Å². The molecule has 0 radical (unpaired) electrons. The molecule has 5 aromatic rings. The molecular formula is C40H36ClFN6O4S. The van der Waals surface area contributed by atoms with Gasteiger partial charge in [0.05, 0.1) is 31.7 Å². The molecule has 10 nitrogen and oxygen atoms in total. The molecule has 3 aromatic heterocycles. The number of nitrogens with one attached hydrogen (secondary N) is 2. The second kappa shape index (κ2) is 14.0. The SMILES string of the molecule is Cc1cnc2c(c1)N(C(=O)c1ccc(NC(=O)c3ccc(C)nc3N3CC4(CCOCC4)C3)cc1)CCc1cc(C(=O)Nc3c(F)cccc3Cl)sc1-2. The van der Waals surface area contributed by atoms with Crippen molar-refractivity contribution < 1.29 is 23.5 Å². The van der Waals surface area contributed by atoms with Crippen molar-refractivity contribution in [3.05, 3.63) is 117 Å². The van der Waals surface area contributed by atoms with Crippen LogP contribution in [-0.2, 0) is 11.2 Å². The molecule has 13 heteroatoms. The van der Waals surface area contributed by atoms with Crippen LogP contribution in [0.15, 0.2) is 72.9 Å². The molecule has 0 atom stereocenters. The monoisotopic (exact) mass is 750 g/mol. The number of benzene rings is 2. The molecule has 3 amide bonds. The quantitative estimate of drug-likeness (QED) is 0.181. The van der Waals surface area contributed by atoms with E-state index in [1.807, 2.05) is 32.0 Å². The summed E-state index contributed by atoms with van der Waals surface area (Å²) in [6.45, 7) is 7.42. The number of carbonyl (C=O) groups is 3. The number of nitrogens with zero attached hydrogens (tertiary/aromatic N) is 4. The minimum absolute atomic E-state index is 0.0774. The van der Waals surface area contributed by atoms with E-state index < -0.39 is 11.7 Å². The fraction of sp³-hybridized carbons (Fsp3) is 0.275. The molecule has 2 N–H and O–H groups in total. The molecule has 0 saturated carbocycles. The average Bonchev–Trinajstić information content (AvgIpc) is 3.50. The predicted molar refractivity (Wildman–Crippen MR) is 205 cm³/mol. The van der Waals surface area contributed by atoms with Gasteiger partial charge in [0, 0.05) is 61.4 Å². The molecule has 0 aliphatic carbocycles. The Morgan fingerprint density at radius 3 is 2.49 bits per heavy atom. The number of aryl methyl sites for hydroxylation is 2. The molecule has 3 aliphatic heterocycles. The normalized spacial score (nSPS) is 15.9. The van der Waals surface area contributed by atoms with Crippen LogP contribution >= 0.6 is 22.9 Å². The van der Waals surface area contributed by atoms with Gasteiger partial charge in [-0.1, -0.05) is 17.7 Å². The number of fused-ring (bicyclic) bond motifs is 3. The lowest BCUT2D eigenvalue weighted by molar-refractivity contribution is -0.000519. The predicted octanol–water partition coefficient (Wildman–Crippen LogP) is 7.94. The maximum Gasteiger partial charge on any atom is 0.265 e. The van der Waals surface area contributed by atoms with Gasteiger partial charge in [-0.05, 0) is 105 Å². The highest BCUT2D eigenvalue weighted by Crippen LogP contribution is 2.43. The maximum atomic E-state index is 14.4. The van der Waals surface area contributed by atoms with Crippen LogP contribution in [0.25, 0.3) is 10.6 Å². The second-order valence-electron chi connectivity index (χ2n) is 13.9. The van der Waals surface area contributed by atoms with Crippen LogP contribution in [0.1, 0.15) is 60.1 Å². The minimum Gasteiger partial charge on any atom is -0.381 e. The third-order valence-corrected chi connectivity index (χ3v) is 11.6. The molecule has 2 saturated heterocycles. The number of hydrogen-bond donors (Lipinski definition) is 2. The van der Waals surface area contributed by atoms with Crippen LogP contribution in [0.5, 0.6) is 0 Å². The molecule has 0 bridgehead atoms. The van der Waals surface area contributed by atoms with E-state index in [1.165, 1.54) is 29.5 Å². The standard InChI is InChI=1S/C40H36ClFN6O4S/c1-23-18-31-34(43-20-23)35-26(19-32(53-35)38(50)46-33-29(41)4-3-5-30(33)42)12-15-48(31)39(51)25-7-9-27(10-8-25)45-37(49)28-11-6-24(2)44-36(28)47-21-40(22-47)13-16-52-17-14-40/h3-11,18-20H,12-17,21-22H2,1-2H3,(H,45,49)(H,46,50). The summed E-state index contributed by atoms with van der Waals surface area (Å²) in [4.78, 5) is 55.4. The smallest absolute Gasteiger partial charge is 0.265 e. The fourth-order valence-electron chi connectivity index (χ4n) is 7.26. The molecule has 270 valence electrons. The van der Waals surface area contributed by atoms with E-state index in [4.69, 9.17) is 26.3 Å². The largest absolute Gasteiger partial charge is 0.381 e. The number of para-hydroxylation sites is 1. The summed E-state index contributed by atoms with van der Waals surface area (Å²) in [6, 6.07) is 18.4. The first-order chi connectivity index (χ1) is 25.6. The Bertz CT molecular complexity index is 2240. The van der Waals surface area contributed by atoms with Crippen LogP contribution in [0.3, 0.4) is 0 Å². The number of amides is 3. The van der Waals surface area contributed by atoms with Crippen LogP contribution in [0.2, 0.25) is 5.02 Å². The van der Waals surface area contributed by atoms with Crippen molar-refractivity contribution in [1.29, 1.82) is 0 Å². The molecule has 0 unspecified atom stereocenters. The zero-order valence-electron chi connectivity index (χ0n) is 29.2. The van der Waals surface area contributed by atoms with Crippen LogP contribution in [-0.4, -0.2) is 60.5 Å². The van der Waals surface area contributed by atoms with Crippen molar-refractivity contribution in [2.75, 3.05) is 53.3 Å². The van der Waals surface area contributed by atoms with E-state index in [0.29, 0.717) is 51.9 Å². The summed E-state index contributed by atoms with van der Waals surface area (Å²) < 4.78 is 20.0. The molecule has 2 fully saturated rings. The zero-order chi connectivity index (χ0) is 36.9. The number of aromatic nitrogens is 2. The van der Waals surface area contributed by atoms with Gasteiger partial charge in [-0.2, -0.15) is 0 Å². The second-order valence-corrected chi connectivity index (χ2v) is 15.4. The Morgan fingerprint density at radius 1 is 0.962 bits per heavy atom. The van der Waals surface area contributed by atoms with Gasteiger partial charge in [-0.25, -0.2) is 9.37 Å². The summed E-state index contributed by atoms with van der Waals surface area (Å²) >= 11 is 7.38. The Hall–Kier alpha value is -5.17. The van der Waals surface area contributed by atoms with Crippen molar-refractivity contribution in [3.63, 3.8) is 0 Å². The molecular weight excluding hydrogens is 715 g/mol. The topological polar surface area (TPSA) is 117 Å². The number of halogens is 2. The van der Waals surface area contributed by atoms with Crippen molar-refractivity contribution in [2.24, 2.45) is 5.41 Å². The number of rotatable bonds is 6. The van der Waals surface area contributed by atoms with E-state index in [0.717, 1.165) is 60.8 Å². The molecule has 6 heterocycles. The third-order valence-electron chi connectivity index (χ3n) is 10.1. The number of anilines is 4. The van der Waals surface area contributed by atoms with Crippen molar-refractivity contribution >= 4 is 63.5 Å². The molecule has 53 heavy (non-hydrogen) atoms. The van der Waals surface area contributed by atoms with Gasteiger partial charge in [0.1, 0.15) is 17.3 Å². The number of pyridine rings is 2. The van der Waals surface area contributed by atoms with Gasteiger partial charge in [-0.15, -0.1) is 11.3 Å². The highest BCUT2D eigenvalue weighted by atomic mass is 35.5. The highest BCUT2D eigenvalue weighted by molar-refractivity contribution is 7.17. The first-order valence-corrected chi connectivity index (χ1v) is 18.7. The van der Waals surface area contributed by atoms with Crippen molar-refractivity contribution in [2.45, 2.75) is 33.1 Å². The summed E-state index contributed by atoms with van der Waals surface area (Å²) in [6.07, 6.45) is 4.23. The third kappa shape index (κ3) is 6.78. The summed E-state index contributed by atoms with van der Waals surface area (Å²) in [5.41, 5.74) is 5.45. The molecule has 8 rings (SSSR count). The number of carbonyl (C=O) groups excluding carboxylic acids is 3. The molecule has 1 spiro atoms. The lowest BCUT2D eigenvalue weighted by atomic mass is 9.73. The molecule has 3 aliphatic rings. The maximum absolute atomic E-state index is 14.4. The van der Waals surface area contributed by atoms with Gasteiger partial charge in [0.2, 0.25) is 0 Å². The Kier molecular flexibility index (Phi) is 9.21. The average molecular weight is 751 g/mol. The summed E-state index contributed by atoms with van der Waals surface area (Å²) in [5, 5.41) is 5.70. The summed E-state index contributed by atoms with van der Waals surface area (Å²) in [7, 11) is 0. The minimum atomic E-state index is -0.625. The Morgan fingerprint density at radius 2 is 1.74 bits per heavy atom. The fourth-order valence-corrected chi connectivity index (χ4v) is 8.58. The Balaban J connectivity index is 0.989. The van der Waals surface area contributed by atoms with Crippen molar-refractivity contribution in [3.8, 4) is 10.6 Å². The number of thiophene rings is 1. The van der Waals surface area contributed by atoms with E-state index in [1.54, 1.807) is 41.4 Å². The highest BCUT2D eigenvalue weighted by Gasteiger charge is 2.45. The van der Waals surface area contributed by atoms with Gasteiger partial charge in [-0.3, -0.25) is 19.4 Å². The lowest BCUT2D eigenvalue weighted by Crippen LogP contribution is -2.59. The first kappa shape index (κ1) is 34.9. The first-order valence-electron chi connectivity index (χ1n) is 17.5. The summed E-state index contributed by atoms with van der Waals surface area (Å²) in [5.74, 6) is -0.907. The Labute approximate surface area is 315 Å². The van der Waals surface area contributed by atoms with Gasteiger partial charge in [0.25, 0.3) is 17.7 Å². The number of ether oxygens (including phenoxy) is 1. The number of hydrogen-bond acceptors (Lipinski definition) is 8. The van der Waals surface area contributed by atoms with E-state index in [2.05, 4.69) is 15.5 Å². The van der Waals surface area contributed by atoms with Crippen molar-refractivity contribution in [1.82, 2.24) is 9.97 Å².